The maximum absolute atomic E-state index is 12.6. The van der Waals surface area contributed by atoms with Gasteiger partial charge in [0.05, 0.1) is 12.1 Å². The third-order valence-electron chi connectivity index (χ3n) is 4.14. The van der Waals surface area contributed by atoms with Crippen LogP contribution in [0, 0.1) is 0 Å². The second-order valence-corrected chi connectivity index (χ2v) is 5.41. The second-order valence-electron chi connectivity index (χ2n) is 5.41. The number of hydrogen-bond acceptors (Lipinski definition) is 3. The summed E-state index contributed by atoms with van der Waals surface area (Å²) in [6.45, 7) is 0.403. The molecule has 3 amide bonds. The molecule has 0 saturated carbocycles. The Balaban J connectivity index is 1.70. The van der Waals surface area contributed by atoms with Crippen molar-refractivity contribution < 1.29 is 14.4 Å². The molecule has 1 aromatic heterocycles. The van der Waals surface area contributed by atoms with E-state index in [1.165, 1.54) is 0 Å². The third kappa shape index (κ3) is 1.68. The van der Waals surface area contributed by atoms with Gasteiger partial charge < -0.3 is 4.90 Å². The van der Waals surface area contributed by atoms with Gasteiger partial charge in [0.15, 0.2) is 0 Å². The first-order valence-corrected chi connectivity index (χ1v) is 6.89. The van der Waals surface area contributed by atoms with Crippen LogP contribution in [-0.2, 0) is 16.1 Å². The van der Waals surface area contributed by atoms with Gasteiger partial charge in [0, 0.05) is 17.5 Å². The predicted octanol–water partition coefficient (Wildman–Crippen LogP) is 1.23. The summed E-state index contributed by atoms with van der Waals surface area (Å²) in [5, 5.41) is 3.32. The topological polar surface area (TPSA) is 71.4 Å². The minimum atomic E-state index is -0.561. The molecule has 2 aromatic rings. The first-order chi connectivity index (χ1) is 10.1. The van der Waals surface area contributed by atoms with Crippen molar-refractivity contribution in [2.24, 2.45) is 0 Å². The first-order valence-electron chi connectivity index (χ1n) is 6.89. The molecule has 0 spiro atoms. The Morgan fingerprint density at radius 1 is 1.14 bits per heavy atom. The predicted molar refractivity (Wildman–Crippen MR) is 74.4 cm³/mol. The monoisotopic (exact) mass is 283 g/mol. The van der Waals surface area contributed by atoms with Gasteiger partial charge in [0.1, 0.15) is 6.04 Å². The van der Waals surface area contributed by atoms with Crippen LogP contribution in [0.25, 0.3) is 10.9 Å². The Hall–Kier alpha value is -2.63. The minimum Gasteiger partial charge on any atom is -0.306 e. The fourth-order valence-corrected chi connectivity index (χ4v) is 3.15. The first kappa shape index (κ1) is 12.1. The number of rotatable bonds is 1. The van der Waals surface area contributed by atoms with Crippen molar-refractivity contribution in [1.29, 1.82) is 0 Å². The average molecular weight is 283 g/mol. The molecule has 1 fully saturated rings. The fraction of sp³-hybridized carbons (Fsp3) is 0.267. The summed E-state index contributed by atoms with van der Waals surface area (Å²) >= 11 is 0. The smallest absolute Gasteiger partial charge is 0.306 e. The molecule has 3 heterocycles. The van der Waals surface area contributed by atoms with Gasteiger partial charge in [-0.1, -0.05) is 18.2 Å². The SMILES string of the molecule is O=C1CCC(N2Cc3cc4ccccc4n3C2=O)C(=O)N1. The van der Waals surface area contributed by atoms with Gasteiger partial charge in [-0.15, -0.1) is 0 Å². The third-order valence-corrected chi connectivity index (χ3v) is 4.14. The molecule has 1 unspecified atom stereocenters. The van der Waals surface area contributed by atoms with E-state index in [-0.39, 0.29) is 24.3 Å². The molecule has 4 rings (SSSR count). The fourth-order valence-electron chi connectivity index (χ4n) is 3.15. The number of amides is 3. The Morgan fingerprint density at radius 2 is 1.95 bits per heavy atom. The van der Waals surface area contributed by atoms with Gasteiger partial charge in [0.25, 0.3) is 0 Å². The van der Waals surface area contributed by atoms with Crippen molar-refractivity contribution in [3.63, 3.8) is 0 Å². The Kier molecular flexibility index (Phi) is 2.42. The second kappa shape index (κ2) is 4.18. The Labute approximate surface area is 120 Å². The summed E-state index contributed by atoms with van der Waals surface area (Å²) in [4.78, 5) is 37.3. The van der Waals surface area contributed by atoms with E-state index in [0.717, 1.165) is 16.6 Å². The zero-order valence-electron chi connectivity index (χ0n) is 11.2. The maximum Gasteiger partial charge on any atom is 0.329 e. The van der Waals surface area contributed by atoms with E-state index in [1.54, 1.807) is 9.47 Å². The summed E-state index contributed by atoms with van der Waals surface area (Å²) in [5.41, 5.74) is 1.73. The molecule has 2 aliphatic heterocycles. The summed E-state index contributed by atoms with van der Waals surface area (Å²) < 4.78 is 1.65. The molecule has 1 atom stereocenters. The molecule has 0 bridgehead atoms. The summed E-state index contributed by atoms with van der Waals surface area (Å²) in [5.74, 6) is -0.650. The minimum absolute atomic E-state index is 0.194. The van der Waals surface area contributed by atoms with E-state index in [9.17, 15) is 14.4 Å². The van der Waals surface area contributed by atoms with Gasteiger partial charge in [0.2, 0.25) is 11.8 Å². The van der Waals surface area contributed by atoms with Crippen LogP contribution in [-0.4, -0.2) is 33.4 Å². The summed E-state index contributed by atoms with van der Waals surface area (Å²) in [6, 6.07) is 8.89. The van der Waals surface area contributed by atoms with Gasteiger partial charge in [-0.2, -0.15) is 0 Å². The maximum atomic E-state index is 12.6. The molecule has 1 N–H and O–H groups in total. The van der Waals surface area contributed by atoms with Crippen molar-refractivity contribution in [2.75, 3.05) is 0 Å². The molecule has 2 aliphatic rings. The van der Waals surface area contributed by atoms with E-state index in [2.05, 4.69) is 5.32 Å². The standard InChI is InChI=1S/C15H13N3O3/c19-13-6-5-12(14(20)16-13)17-8-10-7-9-3-1-2-4-11(9)18(10)15(17)21/h1-4,7,12H,5-6,8H2,(H,16,19,20). The number of nitrogens with one attached hydrogen (secondary N) is 1. The number of piperidine rings is 1. The quantitative estimate of drug-likeness (QED) is 0.800. The van der Waals surface area contributed by atoms with Crippen molar-refractivity contribution >= 4 is 28.7 Å². The van der Waals surface area contributed by atoms with Gasteiger partial charge in [-0.05, 0) is 18.6 Å². The number of hydrogen-bond donors (Lipinski definition) is 1. The van der Waals surface area contributed by atoms with E-state index in [4.69, 9.17) is 0 Å². The molecule has 1 aromatic carbocycles. The summed E-state index contributed by atoms with van der Waals surface area (Å²) in [7, 11) is 0. The number of carbonyl (C=O) groups excluding carboxylic acids is 3. The highest BCUT2D eigenvalue weighted by atomic mass is 16.2. The highest BCUT2D eigenvalue weighted by Crippen LogP contribution is 2.29. The zero-order chi connectivity index (χ0) is 14.6. The lowest BCUT2D eigenvalue weighted by Crippen LogP contribution is -2.52. The molecule has 0 aliphatic carbocycles. The van der Waals surface area contributed by atoms with E-state index in [1.807, 2.05) is 30.3 Å². The van der Waals surface area contributed by atoms with Crippen LogP contribution in [0.2, 0.25) is 0 Å². The number of fused-ring (bicyclic) bond motifs is 3. The highest BCUT2D eigenvalue weighted by Gasteiger charge is 2.39. The molecular weight excluding hydrogens is 270 g/mol. The van der Waals surface area contributed by atoms with E-state index < -0.39 is 6.04 Å². The number of aromatic nitrogens is 1. The normalized spacial score (nSPS) is 21.8. The van der Waals surface area contributed by atoms with Crippen molar-refractivity contribution in [3.8, 4) is 0 Å². The zero-order valence-corrected chi connectivity index (χ0v) is 11.2. The van der Waals surface area contributed by atoms with Crippen LogP contribution in [0.1, 0.15) is 18.5 Å². The number of imide groups is 1. The van der Waals surface area contributed by atoms with Crippen LogP contribution >= 0.6 is 0 Å². The molecule has 1 saturated heterocycles. The molecule has 106 valence electrons. The summed E-state index contributed by atoms with van der Waals surface area (Å²) in [6.07, 6.45) is 0.662. The van der Waals surface area contributed by atoms with Gasteiger partial charge >= 0.3 is 6.03 Å². The van der Waals surface area contributed by atoms with Crippen LogP contribution in [0.3, 0.4) is 0 Å². The van der Waals surface area contributed by atoms with Gasteiger partial charge in [-0.3, -0.25) is 19.5 Å². The Bertz CT molecular complexity index is 793. The van der Waals surface area contributed by atoms with Crippen LogP contribution in [0.4, 0.5) is 4.79 Å². The largest absolute Gasteiger partial charge is 0.329 e. The van der Waals surface area contributed by atoms with E-state index >= 15 is 0 Å². The van der Waals surface area contributed by atoms with Crippen molar-refractivity contribution in [3.05, 3.63) is 36.0 Å². The van der Waals surface area contributed by atoms with Crippen LogP contribution in [0.5, 0.6) is 0 Å². The average Bonchev–Trinajstić information content (AvgIpc) is 2.96. The number of nitrogens with zero attached hydrogens (tertiary/aromatic N) is 2. The Morgan fingerprint density at radius 3 is 2.76 bits per heavy atom. The van der Waals surface area contributed by atoms with Crippen molar-refractivity contribution in [2.45, 2.75) is 25.4 Å². The van der Waals surface area contributed by atoms with E-state index in [0.29, 0.717) is 13.0 Å². The molecule has 0 radical (unpaired) electrons. The lowest BCUT2D eigenvalue weighted by atomic mass is 10.0. The number of carbonyl (C=O) groups is 3. The van der Waals surface area contributed by atoms with Crippen LogP contribution < -0.4 is 5.32 Å². The molecule has 21 heavy (non-hydrogen) atoms. The van der Waals surface area contributed by atoms with Crippen LogP contribution in [0.15, 0.2) is 30.3 Å². The molecular formula is C15H13N3O3. The molecule has 6 heteroatoms. The number of para-hydroxylation sites is 1. The lowest BCUT2D eigenvalue weighted by Gasteiger charge is -2.28. The molecule has 6 nitrogen and oxygen atoms in total. The highest BCUT2D eigenvalue weighted by molar-refractivity contribution is 6.03. The lowest BCUT2D eigenvalue weighted by molar-refractivity contribution is -0.136. The number of benzene rings is 1. The van der Waals surface area contributed by atoms with Gasteiger partial charge in [-0.25, -0.2) is 4.79 Å². The van der Waals surface area contributed by atoms with Crippen molar-refractivity contribution in [1.82, 2.24) is 14.8 Å².